The van der Waals surface area contributed by atoms with Gasteiger partial charge < -0.3 is 0 Å². The van der Waals surface area contributed by atoms with Crippen LogP contribution in [-0.4, -0.2) is 5.78 Å². The van der Waals surface area contributed by atoms with E-state index < -0.39 is 0 Å². The number of Topliss-reactive ketones (excluding diaryl/α,β-unsaturated/α-hetero) is 1. The molecule has 0 aromatic carbocycles. The van der Waals surface area contributed by atoms with Gasteiger partial charge in [-0.3, -0.25) is 4.79 Å². The van der Waals surface area contributed by atoms with Gasteiger partial charge in [0.15, 0.2) is 0 Å². The number of hydrogen-bond acceptors (Lipinski definition) is 1. The number of rotatable bonds is 0. The summed E-state index contributed by atoms with van der Waals surface area (Å²) >= 11 is 0. The summed E-state index contributed by atoms with van der Waals surface area (Å²) in [5.74, 6) is 0.848. The Morgan fingerprint density at radius 1 is 1.38 bits per heavy atom. The van der Waals surface area contributed by atoms with Crippen molar-refractivity contribution in [3.05, 3.63) is 12.2 Å². The molecule has 2 aliphatic rings. The lowest BCUT2D eigenvalue weighted by Gasteiger charge is -2.39. The van der Waals surface area contributed by atoms with E-state index in [1.807, 2.05) is 0 Å². The Morgan fingerprint density at radius 2 is 2.23 bits per heavy atom. The quantitative estimate of drug-likeness (QED) is 0.521. The van der Waals surface area contributed by atoms with Crippen LogP contribution >= 0.6 is 0 Å². The molecule has 0 bridgehead atoms. The summed E-state index contributed by atoms with van der Waals surface area (Å²) in [6.07, 6.45) is 11.0. The molecule has 13 heavy (non-hydrogen) atoms. The van der Waals surface area contributed by atoms with Gasteiger partial charge in [0.05, 0.1) is 0 Å². The van der Waals surface area contributed by atoms with Crippen LogP contribution in [0.2, 0.25) is 0 Å². The van der Waals surface area contributed by atoms with Crippen molar-refractivity contribution in [3.8, 4) is 0 Å². The first-order valence-corrected chi connectivity index (χ1v) is 5.40. The Labute approximate surface area is 80.2 Å². The van der Waals surface area contributed by atoms with E-state index in [1.165, 1.54) is 19.3 Å². The fraction of sp³-hybridized carbons (Fsp3) is 0.750. The zero-order valence-corrected chi connectivity index (χ0v) is 8.38. The van der Waals surface area contributed by atoms with Gasteiger partial charge in [0, 0.05) is 12.3 Å². The first kappa shape index (κ1) is 8.98. The third-order valence-electron chi connectivity index (χ3n) is 3.82. The third-order valence-corrected chi connectivity index (χ3v) is 3.82. The molecular formula is C12H18O. The standard InChI is InChI=1S/C12H18O/c1-12-8-4-2-3-6-10(12)11(13)7-5-9-12/h2-3,10H,4-9H2,1H3/t10-,12-/m1/s1. The molecule has 0 aliphatic heterocycles. The molecule has 0 saturated heterocycles. The summed E-state index contributed by atoms with van der Waals surface area (Å²) in [4.78, 5) is 11.8. The second kappa shape index (κ2) is 3.28. The maximum Gasteiger partial charge on any atom is 0.136 e. The predicted octanol–water partition coefficient (Wildman–Crippen LogP) is 3.10. The van der Waals surface area contributed by atoms with Crippen molar-refractivity contribution < 1.29 is 4.79 Å². The third kappa shape index (κ3) is 1.56. The highest BCUT2D eigenvalue weighted by atomic mass is 16.1. The fourth-order valence-corrected chi connectivity index (χ4v) is 2.88. The monoisotopic (exact) mass is 178 g/mol. The first-order chi connectivity index (χ1) is 6.22. The molecule has 1 fully saturated rings. The normalized spacial score (nSPS) is 39.8. The van der Waals surface area contributed by atoms with Gasteiger partial charge in [-0.1, -0.05) is 19.1 Å². The highest BCUT2D eigenvalue weighted by Crippen LogP contribution is 2.45. The number of ketones is 1. The Morgan fingerprint density at radius 3 is 3.08 bits per heavy atom. The Hall–Kier alpha value is -0.590. The van der Waals surface area contributed by atoms with Gasteiger partial charge in [0.2, 0.25) is 0 Å². The van der Waals surface area contributed by atoms with Gasteiger partial charge in [-0.05, 0) is 37.5 Å². The van der Waals surface area contributed by atoms with Crippen LogP contribution in [-0.2, 0) is 4.79 Å². The van der Waals surface area contributed by atoms with E-state index >= 15 is 0 Å². The number of carbonyl (C=O) groups is 1. The first-order valence-electron chi connectivity index (χ1n) is 5.40. The molecule has 0 aromatic rings. The predicted molar refractivity (Wildman–Crippen MR) is 53.4 cm³/mol. The lowest BCUT2D eigenvalue weighted by Crippen LogP contribution is -2.36. The minimum atomic E-state index is 0.318. The maximum atomic E-state index is 11.8. The van der Waals surface area contributed by atoms with E-state index in [9.17, 15) is 4.79 Å². The molecule has 0 N–H and O–H groups in total. The SMILES string of the molecule is C[C@]12CCC=CC[C@@H]1C(=O)CCC2. The van der Waals surface area contributed by atoms with E-state index in [0.717, 1.165) is 19.3 Å². The van der Waals surface area contributed by atoms with Gasteiger partial charge in [0.25, 0.3) is 0 Å². The average molecular weight is 178 g/mol. The van der Waals surface area contributed by atoms with Crippen LogP contribution in [0.3, 0.4) is 0 Å². The van der Waals surface area contributed by atoms with Crippen LogP contribution in [0.5, 0.6) is 0 Å². The van der Waals surface area contributed by atoms with E-state index in [2.05, 4.69) is 19.1 Å². The topological polar surface area (TPSA) is 17.1 Å². The molecule has 72 valence electrons. The average Bonchev–Trinajstić information content (AvgIpc) is 2.27. The molecule has 1 nitrogen and oxygen atoms in total. The zero-order chi connectivity index (χ0) is 9.31. The maximum absolute atomic E-state index is 11.8. The summed E-state index contributed by atoms with van der Waals surface area (Å²) in [7, 11) is 0. The van der Waals surface area contributed by atoms with Crippen molar-refractivity contribution in [1.29, 1.82) is 0 Å². The van der Waals surface area contributed by atoms with Crippen LogP contribution in [0.25, 0.3) is 0 Å². The van der Waals surface area contributed by atoms with Crippen molar-refractivity contribution in [2.75, 3.05) is 0 Å². The molecular weight excluding hydrogens is 160 g/mol. The Balaban J connectivity index is 2.22. The Kier molecular flexibility index (Phi) is 2.27. The van der Waals surface area contributed by atoms with Gasteiger partial charge in [-0.2, -0.15) is 0 Å². The van der Waals surface area contributed by atoms with E-state index in [4.69, 9.17) is 0 Å². The number of allylic oxidation sites excluding steroid dienone is 2. The van der Waals surface area contributed by atoms with Crippen molar-refractivity contribution in [2.45, 2.75) is 45.4 Å². The number of hydrogen-bond donors (Lipinski definition) is 0. The molecule has 2 atom stereocenters. The van der Waals surface area contributed by atoms with Crippen molar-refractivity contribution in [2.24, 2.45) is 11.3 Å². The summed E-state index contributed by atoms with van der Waals surface area (Å²) in [5, 5.41) is 0. The highest BCUT2D eigenvalue weighted by molar-refractivity contribution is 5.82. The summed E-state index contributed by atoms with van der Waals surface area (Å²) < 4.78 is 0. The van der Waals surface area contributed by atoms with Crippen molar-refractivity contribution >= 4 is 5.78 Å². The molecule has 0 heterocycles. The summed E-state index contributed by atoms with van der Waals surface area (Å²) in [6.45, 7) is 2.31. The lowest BCUT2D eigenvalue weighted by molar-refractivity contribution is -0.130. The van der Waals surface area contributed by atoms with Crippen LogP contribution in [0, 0.1) is 11.3 Å². The molecule has 2 rings (SSSR count). The minimum absolute atomic E-state index is 0.318. The molecule has 0 unspecified atom stereocenters. The zero-order valence-electron chi connectivity index (χ0n) is 8.38. The molecule has 0 amide bonds. The number of fused-ring (bicyclic) bond motifs is 1. The van der Waals surface area contributed by atoms with E-state index in [-0.39, 0.29) is 0 Å². The van der Waals surface area contributed by atoms with Gasteiger partial charge in [0.1, 0.15) is 5.78 Å². The fourth-order valence-electron chi connectivity index (χ4n) is 2.88. The molecule has 1 heteroatoms. The summed E-state index contributed by atoms with van der Waals surface area (Å²) in [6, 6.07) is 0. The smallest absolute Gasteiger partial charge is 0.136 e. The Bertz CT molecular complexity index is 242. The van der Waals surface area contributed by atoms with Crippen LogP contribution in [0.1, 0.15) is 45.4 Å². The van der Waals surface area contributed by atoms with Crippen molar-refractivity contribution in [1.82, 2.24) is 0 Å². The van der Waals surface area contributed by atoms with Crippen LogP contribution in [0.15, 0.2) is 12.2 Å². The van der Waals surface area contributed by atoms with E-state index in [1.54, 1.807) is 0 Å². The van der Waals surface area contributed by atoms with Gasteiger partial charge in [-0.15, -0.1) is 0 Å². The molecule has 0 aromatic heterocycles. The minimum Gasteiger partial charge on any atom is -0.299 e. The van der Waals surface area contributed by atoms with E-state index in [0.29, 0.717) is 17.1 Å². The number of carbonyl (C=O) groups excluding carboxylic acids is 1. The van der Waals surface area contributed by atoms with Gasteiger partial charge >= 0.3 is 0 Å². The largest absolute Gasteiger partial charge is 0.299 e. The van der Waals surface area contributed by atoms with Gasteiger partial charge in [-0.25, -0.2) is 0 Å². The second-order valence-electron chi connectivity index (χ2n) is 4.77. The molecule has 0 spiro atoms. The highest BCUT2D eigenvalue weighted by Gasteiger charge is 2.40. The second-order valence-corrected chi connectivity index (χ2v) is 4.77. The van der Waals surface area contributed by atoms with Crippen LogP contribution in [0.4, 0.5) is 0 Å². The molecule has 0 radical (unpaired) electrons. The van der Waals surface area contributed by atoms with Crippen LogP contribution < -0.4 is 0 Å². The summed E-state index contributed by atoms with van der Waals surface area (Å²) in [5.41, 5.74) is 0.318. The van der Waals surface area contributed by atoms with Crippen molar-refractivity contribution in [3.63, 3.8) is 0 Å². The lowest BCUT2D eigenvalue weighted by atomic mass is 9.64. The molecule has 1 saturated carbocycles. The molecule has 2 aliphatic carbocycles.